The predicted molar refractivity (Wildman–Crippen MR) is 79.5 cm³/mol. The summed E-state index contributed by atoms with van der Waals surface area (Å²) in [5.74, 6) is 0.636. The number of nitrogen functional groups attached to an aromatic ring is 1. The van der Waals surface area contributed by atoms with Gasteiger partial charge in [-0.1, -0.05) is 11.3 Å². The summed E-state index contributed by atoms with van der Waals surface area (Å²) in [7, 11) is 1.62. The first-order chi connectivity index (χ1) is 9.76. The number of hydrogen-bond acceptors (Lipinski definition) is 8. The number of hydrogen-bond donors (Lipinski definition) is 1. The summed E-state index contributed by atoms with van der Waals surface area (Å²) in [6, 6.07) is 3.91. The van der Waals surface area contributed by atoms with Crippen molar-refractivity contribution in [1.82, 2.24) is 15.2 Å². The molecule has 0 bridgehead atoms. The molecule has 1 saturated heterocycles. The van der Waals surface area contributed by atoms with Gasteiger partial charge in [-0.05, 0) is 6.07 Å². The summed E-state index contributed by atoms with van der Waals surface area (Å²) in [6.45, 7) is 3.66. The number of rotatable bonds is 3. The molecule has 1 fully saturated rings. The smallest absolute Gasteiger partial charge is 0.213 e. The average molecular weight is 292 g/mol. The molecule has 0 aliphatic carbocycles. The van der Waals surface area contributed by atoms with Crippen molar-refractivity contribution >= 4 is 27.3 Å². The van der Waals surface area contributed by atoms with Crippen LogP contribution < -0.4 is 20.3 Å². The summed E-state index contributed by atoms with van der Waals surface area (Å²) < 4.78 is 5.07. The van der Waals surface area contributed by atoms with Gasteiger partial charge in [0, 0.05) is 32.2 Å². The van der Waals surface area contributed by atoms with Crippen molar-refractivity contribution in [3.05, 3.63) is 18.3 Å². The summed E-state index contributed by atoms with van der Waals surface area (Å²) in [5, 5.41) is 9.35. The van der Waals surface area contributed by atoms with Crippen LogP contribution in [0.4, 0.5) is 16.0 Å². The van der Waals surface area contributed by atoms with Crippen LogP contribution in [0.5, 0.6) is 5.88 Å². The quantitative estimate of drug-likeness (QED) is 0.898. The van der Waals surface area contributed by atoms with Crippen LogP contribution in [0.15, 0.2) is 18.3 Å². The zero-order valence-electron chi connectivity index (χ0n) is 11.2. The molecule has 0 unspecified atom stereocenters. The maximum Gasteiger partial charge on any atom is 0.213 e. The molecule has 1 aliphatic heterocycles. The zero-order chi connectivity index (χ0) is 13.9. The van der Waals surface area contributed by atoms with E-state index in [9.17, 15) is 0 Å². The maximum absolute atomic E-state index is 5.62. The zero-order valence-corrected chi connectivity index (χ0v) is 12.0. The molecule has 20 heavy (non-hydrogen) atoms. The normalized spacial score (nSPS) is 15.4. The lowest BCUT2D eigenvalue weighted by Crippen LogP contribution is -2.46. The van der Waals surface area contributed by atoms with Crippen molar-refractivity contribution in [2.45, 2.75) is 0 Å². The van der Waals surface area contributed by atoms with Crippen LogP contribution in [0, 0.1) is 0 Å². The van der Waals surface area contributed by atoms with E-state index < -0.39 is 0 Å². The summed E-state index contributed by atoms with van der Waals surface area (Å²) in [4.78, 5) is 8.75. The van der Waals surface area contributed by atoms with E-state index in [-0.39, 0.29) is 0 Å². The summed E-state index contributed by atoms with van der Waals surface area (Å²) in [6.07, 6.45) is 1.84. The van der Waals surface area contributed by atoms with Gasteiger partial charge in [-0.2, -0.15) is 0 Å². The highest BCUT2D eigenvalue weighted by Crippen LogP contribution is 2.24. The van der Waals surface area contributed by atoms with Crippen LogP contribution in [0.25, 0.3) is 0 Å². The molecule has 0 spiro atoms. The number of pyridine rings is 1. The topological polar surface area (TPSA) is 80.4 Å². The molecule has 8 heteroatoms. The Bertz CT molecular complexity index is 564. The molecule has 0 atom stereocenters. The van der Waals surface area contributed by atoms with E-state index >= 15 is 0 Å². The Morgan fingerprint density at radius 1 is 1.15 bits per heavy atom. The lowest BCUT2D eigenvalue weighted by atomic mass is 10.3. The summed E-state index contributed by atoms with van der Waals surface area (Å²) in [5.41, 5.74) is 6.73. The minimum Gasteiger partial charge on any atom is -0.481 e. The highest BCUT2D eigenvalue weighted by molar-refractivity contribution is 7.18. The monoisotopic (exact) mass is 292 g/mol. The third-order valence-electron chi connectivity index (χ3n) is 3.28. The minimum atomic E-state index is 0.516. The molecule has 3 rings (SSSR count). The number of ether oxygens (including phenoxy) is 1. The van der Waals surface area contributed by atoms with E-state index in [1.807, 2.05) is 18.3 Å². The number of nitrogens with zero attached hydrogens (tertiary/aromatic N) is 5. The molecule has 1 aliphatic rings. The van der Waals surface area contributed by atoms with Crippen molar-refractivity contribution in [2.24, 2.45) is 0 Å². The first kappa shape index (κ1) is 12.9. The number of nitrogens with two attached hydrogens (primary N) is 1. The van der Waals surface area contributed by atoms with Gasteiger partial charge in [0.2, 0.25) is 16.1 Å². The molecule has 2 aromatic heterocycles. The van der Waals surface area contributed by atoms with Crippen LogP contribution >= 0.6 is 11.3 Å². The molecule has 7 nitrogen and oxygen atoms in total. The SMILES string of the molecule is COc1ccc(N2CCN(c3nnc(N)s3)CC2)cn1. The minimum absolute atomic E-state index is 0.516. The Hall–Kier alpha value is -2.09. The lowest BCUT2D eigenvalue weighted by molar-refractivity contribution is 0.398. The Morgan fingerprint density at radius 3 is 2.45 bits per heavy atom. The predicted octanol–water partition coefficient (Wildman–Crippen LogP) is 0.851. The second kappa shape index (κ2) is 5.49. The average Bonchev–Trinajstić information content (AvgIpc) is 2.94. The van der Waals surface area contributed by atoms with E-state index in [2.05, 4.69) is 25.0 Å². The maximum atomic E-state index is 5.62. The van der Waals surface area contributed by atoms with Gasteiger partial charge in [0.25, 0.3) is 0 Å². The molecule has 0 radical (unpaired) electrons. The fourth-order valence-electron chi connectivity index (χ4n) is 2.19. The fraction of sp³-hybridized carbons (Fsp3) is 0.417. The number of methoxy groups -OCH3 is 1. The highest BCUT2D eigenvalue weighted by Gasteiger charge is 2.20. The van der Waals surface area contributed by atoms with Crippen LogP contribution in [-0.4, -0.2) is 48.5 Å². The van der Waals surface area contributed by atoms with Gasteiger partial charge in [0.05, 0.1) is 19.0 Å². The van der Waals surface area contributed by atoms with Gasteiger partial charge in [-0.25, -0.2) is 4.98 Å². The molecule has 3 heterocycles. The number of piperazine rings is 1. The third-order valence-corrected chi connectivity index (χ3v) is 4.09. The van der Waals surface area contributed by atoms with Crippen LogP contribution in [-0.2, 0) is 0 Å². The molecular formula is C12H16N6OS. The van der Waals surface area contributed by atoms with Gasteiger partial charge in [0.1, 0.15) is 0 Å². The van der Waals surface area contributed by atoms with Crippen molar-refractivity contribution in [1.29, 1.82) is 0 Å². The molecule has 2 aromatic rings. The molecule has 0 amide bonds. The standard InChI is InChI=1S/C12H16N6OS/c1-19-10-3-2-9(8-14-10)17-4-6-18(7-5-17)12-16-15-11(13)20-12/h2-3,8H,4-7H2,1H3,(H2,13,15). The second-order valence-electron chi connectivity index (χ2n) is 4.46. The molecule has 106 valence electrons. The highest BCUT2D eigenvalue weighted by atomic mass is 32.1. The van der Waals surface area contributed by atoms with Crippen LogP contribution in [0.1, 0.15) is 0 Å². The third kappa shape index (κ3) is 2.60. The molecule has 2 N–H and O–H groups in total. The molecule has 0 saturated carbocycles. The van der Waals surface area contributed by atoms with Gasteiger partial charge in [0.15, 0.2) is 0 Å². The number of anilines is 3. The van der Waals surface area contributed by atoms with Crippen LogP contribution in [0.2, 0.25) is 0 Å². The van der Waals surface area contributed by atoms with E-state index in [1.54, 1.807) is 7.11 Å². The van der Waals surface area contributed by atoms with Gasteiger partial charge in [-0.3, -0.25) is 0 Å². The van der Waals surface area contributed by atoms with E-state index in [1.165, 1.54) is 11.3 Å². The van der Waals surface area contributed by atoms with Crippen molar-refractivity contribution in [2.75, 3.05) is 48.8 Å². The first-order valence-electron chi connectivity index (χ1n) is 6.35. The Morgan fingerprint density at radius 2 is 1.90 bits per heavy atom. The molecular weight excluding hydrogens is 276 g/mol. The first-order valence-corrected chi connectivity index (χ1v) is 7.17. The van der Waals surface area contributed by atoms with E-state index in [0.717, 1.165) is 37.0 Å². The van der Waals surface area contributed by atoms with E-state index in [4.69, 9.17) is 10.5 Å². The lowest BCUT2D eigenvalue weighted by Gasteiger charge is -2.35. The van der Waals surface area contributed by atoms with Crippen molar-refractivity contribution in [3.8, 4) is 5.88 Å². The summed E-state index contributed by atoms with van der Waals surface area (Å²) >= 11 is 1.43. The largest absolute Gasteiger partial charge is 0.481 e. The Balaban J connectivity index is 1.63. The van der Waals surface area contributed by atoms with Gasteiger partial charge < -0.3 is 20.3 Å². The number of aromatic nitrogens is 3. The fourth-order valence-corrected chi connectivity index (χ4v) is 2.85. The second-order valence-corrected chi connectivity index (χ2v) is 5.44. The Kier molecular flexibility index (Phi) is 3.55. The van der Waals surface area contributed by atoms with Crippen LogP contribution in [0.3, 0.4) is 0 Å². The van der Waals surface area contributed by atoms with Gasteiger partial charge >= 0.3 is 0 Å². The molecule has 0 aromatic carbocycles. The Labute approximate surface area is 121 Å². The van der Waals surface area contributed by atoms with Crippen molar-refractivity contribution < 1.29 is 4.74 Å². The van der Waals surface area contributed by atoms with E-state index in [0.29, 0.717) is 11.0 Å². The van der Waals surface area contributed by atoms with Crippen molar-refractivity contribution in [3.63, 3.8) is 0 Å². The van der Waals surface area contributed by atoms with Gasteiger partial charge in [-0.15, -0.1) is 10.2 Å².